The van der Waals surface area contributed by atoms with Crippen LogP contribution in [0.5, 0.6) is 0 Å². The molecule has 1 rings (SSSR count). The maximum absolute atomic E-state index is 11.6. The Morgan fingerprint density at radius 2 is 1.95 bits per heavy atom. The van der Waals surface area contributed by atoms with Gasteiger partial charge < -0.3 is 10.6 Å². The van der Waals surface area contributed by atoms with Gasteiger partial charge >= 0.3 is 0 Å². The number of benzene rings is 1. The first-order valence-electron chi connectivity index (χ1n) is 6.20. The van der Waals surface area contributed by atoms with Crippen molar-refractivity contribution < 1.29 is 9.72 Å². The quantitative estimate of drug-likeness (QED) is 0.591. The molecule has 0 radical (unpaired) electrons. The SMILES string of the molecule is CNCC(C)C(=O)NCCc1ccc([N+](=O)[O-])cc1.Cl. The lowest BCUT2D eigenvalue weighted by atomic mass is 10.1. The summed E-state index contributed by atoms with van der Waals surface area (Å²) in [6, 6.07) is 6.37. The molecule has 1 aromatic rings. The van der Waals surface area contributed by atoms with E-state index in [0.29, 0.717) is 19.5 Å². The molecule has 1 amide bonds. The smallest absolute Gasteiger partial charge is 0.269 e. The zero-order valence-electron chi connectivity index (χ0n) is 11.6. The molecule has 0 aromatic heterocycles. The first-order chi connectivity index (χ1) is 9.04. The summed E-state index contributed by atoms with van der Waals surface area (Å²) in [6.07, 6.45) is 0.663. The van der Waals surface area contributed by atoms with Gasteiger partial charge in [-0.05, 0) is 19.0 Å². The summed E-state index contributed by atoms with van der Waals surface area (Å²) in [7, 11) is 1.81. The molecule has 6 nitrogen and oxygen atoms in total. The summed E-state index contributed by atoms with van der Waals surface area (Å²) in [5.41, 5.74) is 1.04. The van der Waals surface area contributed by atoms with E-state index in [1.807, 2.05) is 6.92 Å². The minimum absolute atomic E-state index is 0. The van der Waals surface area contributed by atoms with E-state index in [9.17, 15) is 14.9 Å². The molecule has 0 aliphatic rings. The number of non-ortho nitro benzene ring substituents is 1. The van der Waals surface area contributed by atoms with Crippen molar-refractivity contribution in [3.05, 3.63) is 39.9 Å². The third-order valence-corrected chi connectivity index (χ3v) is 2.82. The topological polar surface area (TPSA) is 84.3 Å². The van der Waals surface area contributed by atoms with Gasteiger partial charge in [0, 0.05) is 31.1 Å². The number of amides is 1. The second-order valence-electron chi connectivity index (χ2n) is 4.42. The van der Waals surface area contributed by atoms with Gasteiger partial charge in [0.05, 0.1) is 4.92 Å². The van der Waals surface area contributed by atoms with Crippen LogP contribution < -0.4 is 10.6 Å². The van der Waals surface area contributed by atoms with Crippen LogP contribution in [0, 0.1) is 16.0 Å². The van der Waals surface area contributed by atoms with Gasteiger partial charge in [-0.25, -0.2) is 0 Å². The van der Waals surface area contributed by atoms with Crippen molar-refractivity contribution in [3.8, 4) is 0 Å². The second kappa shape index (κ2) is 9.28. The normalized spacial score (nSPS) is 11.3. The van der Waals surface area contributed by atoms with Crippen molar-refractivity contribution in [2.24, 2.45) is 5.92 Å². The molecule has 20 heavy (non-hydrogen) atoms. The van der Waals surface area contributed by atoms with E-state index >= 15 is 0 Å². The molecule has 1 aromatic carbocycles. The van der Waals surface area contributed by atoms with E-state index < -0.39 is 4.92 Å². The minimum atomic E-state index is -0.426. The predicted octanol–water partition coefficient (Wildman–Crippen LogP) is 1.53. The lowest BCUT2D eigenvalue weighted by Crippen LogP contribution is -2.35. The van der Waals surface area contributed by atoms with Crippen molar-refractivity contribution in [2.75, 3.05) is 20.1 Å². The maximum atomic E-state index is 11.6. The third kappa shape index (κ3) is 5.99. The summed E-state index contributed by atoms with van der Waals surface area (Å²) in [5.74, 6) is -0.0573. The van der Waals surface area contributed by atoms with Crippen LogP contribution in [0.2, 0.25) is 0 Å². The van der Waals surface area contributed by atoms with Crippen LogP contribution in [-0.4, -0.2) is 31.0 Å². The van der Waals surface area contributed by atoms with E-state index in [-0.39, 0.29) is 29.9 Å². The average Bonchev–Trinajstić information content (AvgIpc) is 2.39. The molecule has 7 heteroatoms. The van der Waals surface area contributed by atoms with Gasteiger partial charge in [-0.2, -0.15) is 0 Å². The summed E-state index contributed by atoms with van der Waals surface area (Å²) < 4.78 is 0. The summed E-state index contributed by atoms with van der Waals surface area (Å²) in [6.45, 7) is 3.03. The number of nitrogens with zero attached hydrogens (tertiary/aromatic N) is 1. The van der Waals surface area contributed by atoms with Gasteiger partial charge in [-0.3, -0.25) is 14.9 Å². The number of carbonyl (C=O) groups excluding carboxylic acids is 1. The Hall–Kier alpha value is -1.66. The van der Waals surface area contributed by atoms with Gasteiger partial charge in [0.2, 0.25) is 5.91 Å². The van der Waals surface area contributed by atoms with Crippen LogP contribution in [0.4, 0.5) is 5.69 Å². The number of hydrogen-bond donors (Lipinski definition) is 2. The van der Waals surface area contributed by atoms with Crippen LogP contribution in [0.1, 0.15) is 12.5 Å². The molecule has 0 bridgehead atoms. The van der Waals surface area contributed by atoms with Crippen LogP contribution in [0.25, 0.3) is 0 Å². The van der Waals surface area contributed by atoms with E-state index in [1.165, 1.54) is 12.1 Å². The molecule has 0 saturated heterocycles. The number of halogens is 1. The zero-order chi connectivity index (χ0) is 14.3. The molecule has 1 atom stereocenters. The van der Waals surface area contributed by atoms with E-state index in [0.717, 1.165) is 5.56 Å². The van der Waals surface area contributed by atoms with Crippen LogP contribution in [0.15, 0.2) is 24.3 Å². The monoisotopic (exact) mass is 301 g/mol. The highest BCUT2D eigenvalue weighted by Crippen LogP contribution is 2.11. The molecular weight excluding hydrogens is 282 g/mol. The molecule has 0 heterocycles. The fourth-order valence-electron chi connectivity index (χ4n) is 1.69. The lowest BCUT2D eigenvalue weighted by molar-refractivity contribution is -0.384. The summed E-state index contributed by atoms with van der Waals surface area (Å²) in [4.78, 5) is 21.7. The number of hydrogen-bond acceptors (Lipinski definition) is 4. The standard InChI is InChI=1S/C13H19N3O3.ClH/c1-10(9-14-2)13(17)15-8-7-11-3-5-12(6-4-11)16(18)19;/h3-6,10,14H,7-9H2,1-2H3,(H,15,17);1H. The fourth-order valence-corrected chi connectivity index (χ4v) is 1.69. The van der Waals surface area contributed by atoms with Gasteiger partial charge in [0.1, 0.15) is 0 Å². The minimum Gasteiger partial charge on any atom is -0.355 e. The average molecular weight is 302 g/mol. The molecule has 0 saturated carbocycles. The number of carbonyl (C=O) groups is 1. The van der Waals surface area contributed by atoms with Gasteiger partial charge in [-0.15, -0.1) is 12.4 Å². The molecule has 0 aliphatic heterocycles. The van der Waals surface area contributed by atoms with Gasteiger partial charge in [-0.1, -0.05) is 19.1 Å². The molecule has 1 unspecified atom stereocenters. The highest BCUT2D eigenvalue weighted by atomic mass is 35.5. The molecule has 112 valence electrons. The van der Waals surface area contributed by atoms with Crippen LogP contribution >= 0.6 is 12.4 Å². The van der Waals surface area contributed by atoms with Crippen molar-refractivity contribution in [2.45, 2.75) is 13.3 Å². The van der Waals surface area contributed by atoms with E-state index in [2.05, 4.69) is 10.6 Å². The lowest BCUT2D eigenvalue weighted by Gasteiger charge is -2.11. The Morgan fingerprint density at radius 3 is 2.45 bits per heavy atom. The number of nitrogens with one attached hydrogen (secondary N) is 2. The Kier molecular flexibility index (Phi) is 8.51. The van der Waals surface area contributed by atoms with Crippen molar-refractivity contribution >= 4 is 24.0 Å². The van der Waals surface area contributed by atoms with Crippen LogP contribution in [-0.2, 0) is 11.2 Å². The van der Waals surface area contributed by atoms with Gasteiger partial charge in [0.25, 0.3) is 5.69 Å². The van der Waals surface area contributed by atoms with Crippen LogP contribution in [0.3, 0.4) is 0 Å². The van der Waals surface area contributed by atoms with Crippen molar-refractivity contribution in [1.82, 2.24) is 10.6 Å². The highest BCUT2D eigenvalue weighted by Gasteiger charge is 2.10. The Balaban J connectivity index is 0.00000361. The van der Waals surface area contributed by atoms with Crippen molar-refractivity contribution in [3.63, 3.8) is 0 Å². The number of rotatable bonds is 7. The summed E-state index contributed by atoms with van der Waals surface area (Å²) in [5, 5.41) is 16.3. The van der Waals surface area contributed by atoms with Gasteiger partial charge in [0.15, 0.2) is 0 Å². The molecule has 0 fully saturated rings. The fraction of sp³-hybridized carbons (Fsp3) is 0.462. The Labute approximate surface area is 124 Å². The molecular formula is C13H20ClN3O3. The number of nitro groups is 1. The largest absolute Gasteiger partial charge is 0.355 e. The number of nitro benzene ring substituents is 1. The van der Waals surface area contributed by atoms with E-state index in [4.69, 9.17) is 0 Å². The first-order valence-corrected chi connectivity index (χ1v) is 6.20. The van der Waals surface area contributed by atoms with E-state index in [1.54, 1.807) is 19.2 Å². The second-order valence-corrected chi connectivity index (χ2v) is 4.42. The molecule has 0 spiro atoms. The third-order valence-electron chi connectivity index (χ3n) is 2.82. The summed E-state index contributed by atoms with van der Waals surface area (Å²) >= 11 is 0. The Bertz CT molecular complexity index is 437. The maximum Gasteiger partial charge on any atom is 0.269 e. The zero-order valence-corrected chi connectivity index (χ0v) is 12.4. The Morgan fingerprint density at radius 1 is 1.35 bits per heavy atom. The highest BCUT2D eigenvalue weighted by molar-refractivity contribution is 5.85. The predicted molar refractivity (Wildman–Crippen MR) is 80.1 cm³/mol. The molecule has 2 N–H and O–H groups in total. The molecule has 0 aliphatic carbocycles. The van der Waals surface area contributed by atoms with Crippen molar-refractivity contribution in [1.29, 1.82) is 0 Å². The first kappa shape index (κ1) is 18.3.